The highest BCUT2D eigenvalue weighted by Crippen LogP contribution is 2.37. The lowest BCUT2D eigenvalue weighted by atomic mass is 9.95. The first-order chi connectivity index (χ1) is 11.1. The number of nitrogens with two attached hydrogens (primary N) is 2. The maximum Gasteiger partial charge on any atom is 0.251 e. The number of hydrogen-bond acceptors (Lipinski definition) is 6. The molecule has 122 valence electrons. The first-order valence-corrected chi connectivity index (χ1v) is 9.15. The number of aryl methyl sites for hydroxylation is 1. The fraction of sp³-hybridized carbons (Fsp3) is 0.400. The van der Waals surface area contributed by atoms with Crippen molar-refractivity contribution in [2.24, 2.45) is 11.5 Å². The second kappa shape index (κ2) is 6.77. The summed E-state index contributed by atoms with van der Waals surface area (Å²) >= 11 is 2.91. The fourth-order valence-electron chi connectivity index (χ4n) is 2.77. The Labute approximate surface area is 141 Å². The van der Waals surface area contributed by atoms with Gasteiger partial charge in [0.15, 0.2) is 0 Å². The molecule has 3 rings (SSSR count). The first kappa shape index (κ1) is 16.1. The van der Waals surface area contributed by atoms with Gasteiger partial charge >= 0.3 is 0 Å². The Morgan fingerprint density at radius 3 is 2.78 bits per heavy atom. The molecule has 0 aliphatic heterocycles. The van der Waals surface area contributed by atoms with Crippen molar-refractivity contribution in [2.75, 3.05) is 5.32 Å². The third-order valence-electron chi connectivity index (χ3n) is 3.79. The van der Waals surface area contributed by atoms with Crippen molar-refractivity contribution < 1.29 is 9.59 Å². The number of aromatic nitrogens is 1. The van der Waals surface area contributed by atoms with E-state index in [0.717, 1.165) is 36.3 Å². The summed E-state index contributed by atoms with van der Waals surface area (Å²) in [5.74, 6) is -0.668. The van der Waals surface area contributed by atoms with E-state index in [9.17, 15) is 9.59 Å². The molecule has 2 aromatic heterocycles. The molecule has 0 atom stereocenters. The Bertz CT molecular complexity index is 751. The summed E-state index contributed by atoms with van der Waals surface area (Å²) in [5, 5.41) is 6.04. The van der Waals surface area contributed by atoms with Gasteiger partial charge in [0, 0.05) is 16.8 Å². The zero-order valence-electron chi connectivity index (χ0n) is 12.6. The SMILES string of the molecule is NCc1nc(CC(=O)Nc2sc3c(c2C(N)=O)CCCC3)cs1. The molecule has 0 saturated carbocycles. The van der Waals surface area contributed by atoms with Crippen LogP contribution in [0.5, 0.6) is 0 Å². The van der Waals surface area contributed by atoms with Crippen molar-refractivity contribution in [3.63, 3.8) is 0 Å². The van der Waals surface area contributed by atoms with Gasteiger partial charge in [0.1, 0.15) is 10.0 Å². The van der Waals surface area contributed by atoms with Crippen LogP contribution in [0.15, 0.2) is 5.38 Å². The van der Waals surface area contributed by atoms with Crippen molar-refractivity contribution >= 4 is 39.5 Å². The standard InChI is InChI=1S/C15H18N4O2S2/c16-6-12-18-8(7-22-12)5-11(20)19-15-13(14(17)21)9-3-1-2-4-10(9)23-15/h7H,1-6,16H2,(H2,17,21)(H,19,20). The number of hydrogen-bond donors (Lipinski definition) is 3. The highest BCUT2D eigenvalue weighted by atomic mass is 32.1. The lowest BCUT2D eigenvalue weighted by molar-refractivity contribution is -0.115. The zero-order chi connectivity index (χ0) is 16.4. The molecule has 0 fully saturated rings. The number of nitrogens with zero attached hydrogens (tertiary/aromatic N) is 1. The van der Waals surface area contributed by atoms with E-state index in [0.29, 0.717) is 22.8 Å². The quantitative estimate of drug-likeness (QED) is 0.763. The second-order valence-corrected chi connectivity index (χ2v) is 7.49. The minimum absolute atomic E-state index is 0.164. The van der Waals surface area contributed by atoms with E-state index in [2.05, 4.69) is 10.3 Å². The summed E-state index contributed by atoms with van der Waals surface area (Å²) in [6, 6.07) is 0. The summed E-state index contributed by atoms with van der Waals surface area (Å²) in [6.45, 7) is 0.371. The van der Waals surface area contributed by atoms with E-state index in [4.69, 9.17) is 11.5 Å². The summed E-state index contributed by atoms with van der Waals surface area (Å²) in [5.41, 5.74) is 13.2. The number of amides is 2. The molecule has 1 aliphatic carbocycles. The minimum Gasteiger partial charge on any atom is -0.365 e. The van der Waals surface area contributed by atoms with Gasteiger partial charge in [-0.3, -0.25) is 9.59 Å². The van der Waals surface area contributed by atoms with E-state index < -0.39 is 5.91 Å². The molecular formula is C15H18N4O2S2. The van der Waals surface area contributed by atoms with Gasteiger partial charge in [-0.15, -0.1) is 22.7 Å². The lowest BCUT2D eigenvalue weighted by Gasteiger charge is -2.11. The maximum atomic E-state index is 12.2. The van der Waals surface area contributed by atoms with Crippen LogP contribution in [0.2, 0.25) is 0 Å². The van der Waals surface area contributed by atoms with Crippen molar-refractivity contribution in [1.82, 2.24) is 4.98 Å². The number of anilines is 1. The molecular weight excluding hydrogens is 332 g/mol. The van der Waals surface area contributed by atoms with Crippen LogP contribution in [0.25, 0.3) is 0 Å². The molecule has 0 radical (unpaired) electrons. The Morgan fingerprint density at radius 1 is 1.30 bits per heavy atom. The number of nitrogens with one attached hydrogen (secondary N) is 1. The van der Waals surface area contributed by atoms with Crippen LogP contribution in [0.1, 0.15) is 44.3 Å². The van der Waals surface area contributed by atoms with Gasteiger partial charge in [0.25, 0.3) is 5.91 Å². The zero-order valence-corrected chi connectivity index (χ0v) is 14.2. The van der Waals surface area contributed by atoms with Crippen LogP contribution >= 0.6 is 22.7 Å². The third kappa shape index (κ3) is 3.44. The average molecular weight is 350 g/mol. The summed E-state index contributed by atoms with van der Waals surface area (Å²) < 4.78 is 0. The van der Waals surface area contributed by atoms with E-state index in [1.165, 1.54) is 27.6 Å². The van der Waals surface area contributed by atoms with Crippen LogP contribution in [-0.2, 0) is 30.6 Å². The van der Waals surface area contributed by atoms with Gasteiger partial charge in [-0.05, 0) is 31.2 Å². The first-order valence-electron chi connectivity index (χ1n) is 7.46. The maximum absolute atomic E-state index is 12.2. The summed E-state index contributed by atoms with van der Waals surface area (Å²) in [7, 11) is 0. The predicted octanol–water partition coefficient (Wildman–Crippen LogP) is 1.82. The Kier molecular flexibility index (Phi) is 4.74. The molecule has 0 bridgehead atoms. The topological polar surface area (TPSA) is 111 Å². The predicted molar refractivity (Wildman–Crippen MR) is 91.8 cm³/mol. The van der Waals surface area contributed by atoms with Gasteiger partial charge in [0.05, 0.1) is 17.7 Å². The molecule has 2 aromatic rings. The normalized spacial score (nSPS) is 13.6. The average Bonchev–Trinajstić information content (AvgIpc) is 3.10. The van der Waals surface area contributed by atoms with E-state index in [1.807, 2.05) is 5.38 Å². The van der Waals surface area contributed by atoms with E-state index in [1.54, 1.807) is 0 Å². The van der Waals surface area contributed by atoms with Gasteiger partial charge in [0.2, 0.25) is 5.91 Å². The molecule has 0 spiro atoms. The van der Waals surface area contributed by atoms with Gasteiger partial charge < -0.3 is 16.8 Å². The Balaban J connectivity index is 1.77. The highest BCUT2D eigenvalue weighted by molar-refractivity contribution is 7.17. The molecule has 1 aliphatic rings. The van der Waals surface area contributed by atoms with E-state index >= 15 is 0 Å². The number of primary amides is 1. The molecule has 8 heteroatoms. The van der Waals surface area contributed by atoms with Gasteiger partial charge in [-0.25, -0.2) is 4.98 Å². The third-order valence-corrected chi connectivity index (χ3v) is 5.91. The number of carbonyl (C=O) groups is 2. The highest BCUT2D eigenvalue weighted by Gasteiger charge is 2.25. The molecule has 0 unspecified atom stereocenters. The van der Waals surface area contributed by atoms with Crippen molar-refractivity contribution in [3.05, 3.63) is 32.1 Å². The molecule has 0 saturated heterocycles. The summed E-state index contributed by atoms with van der Waals surface area (Å²) in [4.78, 5) is 29.5. The van der Waals surface area contributed by atoms with Crippen LogP contribution < -0.4 is 16.8 Å². The van der Waals surface area contributed by atoms with Crippen LogP contribution in [0, 0.1) is 0 Å². The molecule has 6 nitrogen and oxygen atoms in total. The smallest absolute Gasteiger partial charge is 0.251 e. The monoisotopic (exact) mass is 350 g/mol. The number of thiazole rings is 1. The lowest BCUT2D eigenvalue weighted by Crippen LogP contribution is -2.19. The van der Waals surface area contributed by atoms with Crippen LogP contribution in [0.4, 0.5) is 5.00 Å². The number of rotatable bonds is 5. The van der Waals surface area contributed by atoms with Gasteiger partial charge in [-0.1, -0.05) is 0 Å². The van der Waals surface area contributed by atoms with Crippen LogP contribution in [-0.4, -0.2) is 16.8 Å². The molecule has 23 heavy (non-hydrogen) atoms. The largest absolute Gasteiger partial charge is 0.365 e. The van der Waals surface area contributed by atoms with Gasteiger partial charge in [-0.2, -0.15) is 0 Å². The van der Waals surface area contributed by atoms with Crippen LogP contribution in [0.3, 0.4) is 0 Å². The second-order valence-electron chi connectivity index (χ2n) is 5.44. The summed E-state index contributed by atoms with van der Waals surface area (Å²) in [6.07, 6.45) is 4.13. The van der Waals surface area contributed by atoms with Crippen molar-refractivity contribution in [3.8, 4) is 0 Å². The fourth-order valence-corrected chi connectivity index (χ4v) is 4.76. The molecule has 0 aromatic carbocycles. The molecule has 2 heterocycles. The molecule has 2 amide bonds. The Hall–Kier alpha value is -1.77. The number of fused-ring (bicyclic) bond motifs is 1. The number of carbonyl (C=O) groups excluding carboxylic acids is 2. The number of thiophene rings is 1. The molecule has 5 N–H and O–H groups in total. The Morgan fingerprint density at radius 2 is 2.09 bits per heavy atom. The van der Waals surface area contributed by atoms with E-state index in [-0.39, 0.29) is 12.3 Å². The van der Waals surface area contributed by atoms with Crippen molar-refractivity contribution in [2.45, 2.75) is 38.6 Å². The minimum atomic E-state index is -0.473. The van der Waals surface area contributed by atoms with Crippen molar-refractivity contribution in [1.29, 1.82) is 0 Å².